The number of nitrogens with zero attached hydrogens (tertiary/aromatic N) is 1. The van der Waals surface area contributed by atoms with Gasteiger partial charge in [0.15, 0.2) is 0 Å². The molecule has 1 aliphatic heterocycles. The zero-order valence-corrected chi connectivity index (χ0v) is 10.8. The fourth-order valence-corrected chi connectivity index (χ4v) is 3.45. The summed E-state index contributed by atoms with van der Waals surface area (Å²) in [6, 6.07) is 8.01. The van der Waals surface area contributed by atoms with Crippen LogP contribution in [0, 0.1) is 12.8 Å². The van der Waals surface area contributed by atoms with Crippen molar-refractivity contribution in [3.63, 3.8) is 0 Å². The number of piperidine rings is 1. The van der Waals surface area contributed by atoms with E-state index in [0.29, 0.717) is 5.92 Å². The monoisotopic (exact) mass is 237 g/mol. The molecule has 16 heavy (non-hydrogen) atoms. The summed E-state index contributed by atoms with van der Waals surface area (Å²) >= 11 is 0. The van der Waals surface area contributed by atoms with Crippen LogP contribution >= 0.6 is 0 Å². The molecule has 0 saturated carbocycles. The largest absolute Gasteiger partial charge is 0.237 e. The van der Waals surface area contributed by atoms with E-state index in [1.54, 1.807) is 0 Å². The highest BCUT2D eigenvalue weighted by molar-refractivity contribution is 7.82. The van der Waals surface area contributed by atoms with Gasteiger partial charge in [0.05, 0.1) is 4.90 Å². The second-order valence-corrected chi connectivity index (χ2v) is 6.18. The highest BCUT2D eigenvalue weighted by atomic mass is 32.2. The van der Waals surface area contributed by atoms with Crippen LogP contribution in [-0.2, 0) is 11.0 Å². The third kappa shape index (κ3) is 2.71. The van der Waals surface area contributed by atoms with E-state index in [4.69, 9.17) is 0 Å². The van der Waals surface area contributed by atoms with E-state index in [9.17, 15) is 4.21 Å². The zero-order valence-electron chi connectivity index (χ0n) is 9.98. The van der Waals surface area contributed by atoms with Gasteiger partial charge in [-0.3, -0.25) is 0 Å². The number of hydrogen-bond donors (Lipinski definition) is 0. The minimum atomic E-state index is -0.965. The van der Waals surface area contributed by atoms with E-state index in [1.807, 2.05) is 24.3 Å². The highest BCUT2D eigenvalue weighted by Crippen LogP contribution is 2.20. The fraction of sp³-hybridized carbons (Fsp3) is 0.538. The summed E-state index contributed by atoms with van der Waals surface area (Å²) in [6.07, 6.45) is 2.43. The van der Waals surface area contributed by atoms with Crippen LogP contribution in [0.3, 0.4) is 0 Å². The quantitative estimate of drug-likeness (QED) is 0.774. The third-order valence-electron chi connectivity index (χ3n) is 3.08. The van der Waals surface area contributed by atoms with Gasteiger partial charge in [0.25, 0.3) is 0 Å². The molecule has 0 bridgehead atoms. The number of benzene rings is 1. The van der Waals surface area contributed by atoms with Gasteiger partial charge in [-0.15, -0.1) is 0 Å². The lowest BCUT2D eigenvalue weighted by Crippen LogP contribution is -2.35. The molecule has 1 aliphatic rings. The maximum atomic E-state index is 12.3. The second kappa shape index (κ2) is 5.11. The van der Waals surface area contributed by atoms with Crippen LogP contribution in [0.25, 0.3) is 0 Å². The Labute approximate surface area is 100 Å². The van der Waals surface area contributed by atoms with E-state index in [1.165, 1.54) is 18.4 Å². The normalized spacial score (nSPS) is 24.2. The lowest BCUT2D eigenvalue weighted by Gasteiger charge is -2.29. The van der Waals surface area contributed by atoms with Crippen molar-refractivity contribution in [1.29, 1.82) is 0 Å². The molecule has 2 nitrogen and oxygen atoms in total. The maximum Gasteiger partial charge on any atom is 0.127 e. The molecule has 0 N–H and O–H groups in total. The maximum absolute atomic E-state index is 12.3. The van der Waals surface area contributed by atoms with Gasteiger partial charge >= 0.3 is 0 Å². The molecular weight excluding hydrogens is 218 g/mol. The van der Waals surface area contributed by atoms with Gasteiger partial charge in [-0.1, -0.05) is 24.6 Å². The molecule has 2 atom stereocenters. The molecule has 0 amide bonds. The van der Waals surface area contributed by atoms with Crippen molar-refractivity contribution in [1.82, 2.24) is 4.31 Å². The summed E-state index contributed by atoms with van der Waals surface area (Å²) < 4.78 is 14.4. The van der Waals surface area contributed by atoms with Crippen molar-refractivity contribution in [2.75, 3.05) is 13.1 Å². The smallest absolute Gasteiger partial charge is 0.127 e. The lowest BCUT2D eigenvalue weighted by molar-refractivity contribution is 0.293. The van der Waals surface area contributed by atoms with Crippen molar-refractivity contribution < 1.29 is 4.21 Å². The summed E-state index contributed by atoms with van der Waals surface area (Å²) in [5, 5.41) is 0. The van der Waals surface area contributed by atoms with Crippen LogP contribution in [0.2, 0.25) is 0 Å². The van der Waals surface area contributed by atoms with E-state index in [-0.39, 0.29) is 0 Å². The Kier molecular flexibility index (Phi) is 3.77. The lowest BCUT2D eigenvalue weighted by atomic mass is 10.0. The molecular formula is C13H19NOS. The van der Waals surface area contributed by atoms with Crippen LogP contribution < -0.4 is 0 Å². The van der Waals surface area contributed by atoms with E-state index in [0.717, 1.165) is 18.0 Å². The van der Waals surface area contributed by atoms with E-state index < -0.39 is 11.0 Å². The first kappa shape index (κ1) is 11.8. The van der Waals surface area contributed by atoms with Gasteiger partial charge in [0, 0.05) is 13.1 Å². The molecule has 1 aromatic carbocycles. The average Bonchev–Trinajstić information content (AvgIpc) is 2.29. The van der Waals surface area contributed by atoms with Crippen molar-refractivity contribution in [2.45, 2.75) is 31.6 Å². The van der Waals surface area contributed by atoms with Crippen molar-refractivity contribution in [3.05, 3.63) is 29.8 Å². The molecule has 0 aliphatic carbocycles. The second-order valence-electron chi connectivity index (χ2n) is 4.70. The Hall–Kier alpha value is -0.670. The molecule has 3 heteroatoms. The topological polar surface area (TPSA) is 20.3 Å². The fourth-order valence-electron chi connectivity index (χ4n) is 2.10. The van der Waals surface area contributed by atoms with Crippen LogP contribution in [-0.4, -0.2) is 21.6 Å². The first-order valence-electron chi connectivity index (χ1n) is 5.90. The molecule has 0 aromatic heterocycles. The van der Waals surface area contributed by atoms with Crippen molar-refractivity contribution in [2.24, 2.45) is 5.92 Å². The number of aryl methyl sites for hydroxylation is 1. The average molecular weight is 237 g/mol. The summed E-state index contributed by atoms with van der Waals surface area (Å²) in [5.74, 6) is 0.670. The highest BCUT2D eigenvalue weighted by Gasteiger charge is 2.21. The van der Waals surface area contributed by atoms with Crippen LogP contribution in [0.15, 0.2) is 29.2 Å². The first-order valence-corrected chi connectivity index (χ1v) is 7.01. The minimum absolute atomic E-state index is 0.670. The summed E-state index contributed by atoms with van der Waals surface area (Å²) in [6.45, 7) is 6.21. The Bertz CT molecular complexity index is 374. The molecule has 88 valence electrons. The van der Waals surface area contributed by atoms with E-state index in [2.05, 4.69) is 18.2 Å². The molecule has 2 rings (SSSR count). The van der Waals surface area contributed by atoms with Gasteiger partial charge in [-0.25, -0.2) is 8.51 Å². The molecule has 1 saturated heterocycles. The number of hydrogen-bond acceptors (Lipinski definition) is 1. The Balaban J connectivity index is 2.09. The van der Waals surface area contributed by atoms with Crippen LogP contribution in [0.1, 0.15) is 25.3 Å². The summed E-state index contributed by atoms with van der Waals surface area (Å²) in [4.78, 5) is 0.930. The molecule has 0 spiro atoms. The van der Waals surface area contributed by atoms with Crippen molar-refractivity contribution >= 4 is 11.0 Å². The molecule has 1 heterocycles. The van der Waals surface area contributed by atoms with E-state index >= 15 is 0 Å². The summed E-state index contributed by atoms with van der Waals surface area (Å²) in [7, 11) is -0.965. The predicted octanol–water partition coefficient (Wildman–Crippen LogP) is 2.75. The van der Waals surface area contributed by atoms with Crippen LogP contribution in [0.5, 0.6) is 0 Å². The minimum Gasteiger partial charge on any atom is -0.237 e. The van der Waals surface area contributed by atoms with Crippen molar-refractivity contribution in [3.8, 4) is 0 Å². The molecule has 0 radical (unpaired) electrons. The Morgan fingerprint density at radius 1 is 1.31 bits per heavy atom. The molecule has 1 aromatic rings. The van der Waals surface area contributed by atoms with Gasteiger partial charge < -0.3 is 0 Å². The van der Waals surface area contributed by atoms with Gasteiger partial charge in [0.1, 0.15) is 11.0 Å². The predicted molar refractivity (Wildman–Crippen MR) is 67.6 cm³/mol. The van der Waals surface area contributed by atoms with Crippen LogP contribution in [0.4, 0.5) is 0 Å². The van der Waals surface area contributed by atoms with Gasteiger partial charge in [0.2, 0.25) is 0 Å². The molecule has 1 fully saturated rings. The van der Waals surface area contributed by atoms with Gasteiger partial charge in [-0.2, -0.15) is 0 Å². The SMILES string of the molecule is Cc1ccc(S(=O)N2CCCC(C)C2)cc1. The Morgan fingerprint density at radius 3 is 2.62 bits per heavy atom. The first-order chi connectivity index (χ1) is 7.66. The standard InChI is InChI=1S/C13H19NOS/c1-11-5-7-13(8-6-11)16(15)14-9-3-4-12(2)10-14/h5-8,12H,3-4,9-10H2,1-2H3. The van der Waals surface area contributed by atoms with Gasteiger partial charge in [-0.05, 0) is 37.8 Å². The Morgan fingerprint density at radius 2 is 2.00 bits per heavy atom. The number of rotatable bonds is 2. The summed E-state index contributed by atoms with van der Waals surface area (Å²) in [5.41, 5.74) is 1.22. The molecule has 2 unspecified atom stereocenters. The zero-order chi connectivity index (χ0) is 11.5. The third-order valence-corrected chi connectivity index (χ3v) is 4.55.